The molecule has 0 aliphatic carbocycles. The molecule has 3 N–H and O–H groups in total. The van der Waals surface area contributed by atoms with Crippen LogP contribution in [0.25, 0.3) is 6.08 Å². The number of rotatable bonds is 13. The lowest BCUT2D eigenvalue weighted by Crippen LogP contribution is -2.30. The van der Waals surface area contributed by atoms with Crippen molar-refractivity contribution in [3.05, 3.63) is 155 Å². The summed E-state index contributed by atoms with van der Waals surface area (Å²) in [6.07, 6.45) is 1.66. The third-order valence-electron chi connectivity index (χ3n) is 7.81. The third kappa shape index (κ3) is 9.42. The van der Waals surface area contributed by atoms with E-state index in [-0.39, 0.29) is 11.6 Å². The van der Waals surface area contributed by atoms with Crippen molar-refractivity contribution in [3.8, 4) is 11.5 Å². The molecule has 0 aliphatic rings. The Kier molecular flexibility index (Phi) is 12.1. The highest BCUT2D eigenvalue weighted by molar-refractivity contribution is 8.00. The van der Waals surface area contributed by atoms with Crippen LogP contribution in [0.2, 0.25) is 0 Å². The van der Waals surface area contributed by atoms with E-state index in [9.17, 15) is 14.4 Å². The number of benzene rings is 5. The molecule has 0 saturated carbocycles. The average molecular weight is 686 g/mol. The van der Waals surface area contributed by atoms with Gasteiger partial charge in [-0.1, -0.05) is 86.6 Å². The topological polar surface area (TPSA) is 106 Å². The molecule has 0 aliphatic heterocycles. The first-order valence-electron chi connectivity index (χ1n) is 16.1. The molecule has 5 rings (SSSR count). The van der Waals surface area contributed by atoms with Crippen LogP contribution in [0, 0.1) is 0 Å². The smallest absolute Gasteiger partial charge is 0.272 e. The molecule has 0 aromatic heterocycles. The normalized spacial score (nSPS) is 11.7. The van der Waals surface area contributed by atoms with Crippen LogP contribution in [0.4, 0.5) is 11.4 Å². The van der Waals surface area contributed by atoms with E-state index in [1.807, 2.05) is 72.8 Å². The van der Waals surface area contributed by atoms with Crippen LogP contribution in [0.15, 0.2) is 138 Å². The SMILES string of the molecule is COc1ccc(OC)c(NC(=O)C(Sc2ccc(NC(=O)/C(=C/c3ccc(C(C)C)cc3)NC(=O)c3ccccc3)cc2)c2ccccc2)c1. The Morgan fingerprint density at radius 3 is 1.98 bits per heavy atom. The number of ether oxygens (including phenoxy) is 2. The molecule has 8 nitrogen and oxygen atoms in total. The molecule has 0 heterocycles. The predicted octanol–water partition coefficient (Wildman–Crippen LogP) is 8.71. The molecule has 9 heteroatoms. The van der Waals surface area contributed by atoms with Gasteiger partial charge >= 0.3 is 0 Å². The number of amides is 3. The van der Waals surface area contributed by atoms with E-state index in [0.29, 0.717) is 34.4 Å². The molecule has 254 valence electrons. The number of nitrogens with one attached hydrogen (secondary N) is 3. The number of hydrogen-bond donors (Lipinski definition) is 3. The predicted molar refractivity (Wildman–Crippen MR) is 201 cm³/mol. The van der Waals surface area contributed by atoms with Gasteiger partial charge in [0.25, 0.3) is 11.8 Å². The lowest BCUT2D eigenvalue weighted by molar-refractivity contribution is -0.116. The maximum atomic E-state index is 13.7. The van der Waals surface area contributed by atoms with Gasteiger partial charge in [0.15, 0.2) is 0 Å². The van der Waals surface area contributed by atoms with Crippen molar-refractivity contribution in [3.63, 3.8) is 0 Å². The third-order valence-corrected chi connectivity index (χ3v) is 9.08. The van der Waals surface area contributed by atoms with Crippen molar-refractivity contribution in [1.82, 2.24) is 5.32 Å². The van der Waals surface area contributed by atoms with E-state index in [2.05, 4.69) is 29.8 Å². The fourth-order valence-corrected chi connectivity index (χ4v) is 6.07. The van der Waals surface area contributed by atoms with Gasteiger partial charge in [-0.2, -0.15) is 0 Å². The Balaban J connectivity index is 1.34. The minimum absolute atomic E-state index is 0.100. The fraction of sp³-hybridized carbons (Fsp3) is 0.146. The van der Waals surface area contributed by atoms with E-state index in [1.165, 1.54) is 17.3 Å². The van der Waals surface area contributed by atoms with Crippen LogP contribution >= 0.6 is 11.8 Å². The van der Waals surface area contributed by atoms with Gasteiger partial charge in [0.2, 0.25) is 5.91 Å². The molecule has 0 bridgehead atoms. The average Bonchev–Trinajstić information content (AvgIpc) is 3.15. The van der Waals surface area contributed by atoms with Gasteiger partial charge < -0.3 is 25.4 Å². The van der Waals surface area contributed by atoms with E-state index < -0.39 is 17.1 Å². The Labute approximate surface area is 296 Å². The second-order valence-electron chi connectivity index (χ2n) is 11.6. The highest BCUT2D eigenvalue weighted by Gasteiger charge is 2.24. The Bertz CT molecular complexity index is 1940. The second kappa shape index (κ2) is 17.0. The molecule has 0 radical (unpaired) electrons. The second-order valence-corrected chi connectivity index (χ2v) is 12.8. The van der Waals surface area contributed by atoms with Crippen molar-refractivity contribution < 1.29 is 23.9 Å². The van der Waals surface area contributed by atoms with Crippen molar-refractivity contribution in [2.45, 2.75) is 29.9 Å². The molecule has 0 fully saturated rings. The maximum absolute atomic E-state index is 13.7. The van der Waals surface area contributed by atoms with E-state index in [4.69, 9.17) is 9.47 Å². The van der Waals surface area contributed by atoms with Crippen LogP contribution in [-0.2, 0) is 9.59 Å². The summed E-state index contributed by atoms with van der Waals surface area (Å²) < 4.78 is 10.8. The number of carbonyl (C=O) groups is 3. The standard InChI is InChI=1S/C41H39N3O5S/c1-27(2)29-17-15-28(16-18-29)25-36(44-39(45)31-13-9-6-10-14-31)40(46)42-32-19-22-34(23-20-32)50-38(30-11-7-5-8-12-30)41(47)43-35-26-33(48-3)21-24-37(35)49-4/h5-27,38H,1-4H3,(H,42,46)(H,43,47)(H,44,45)/b36-25-. The number of hydrogen-bond acceptors (Lipinski definition) is 6. The van der Waals surface area contributed by atoms with Crippen LogP contribution in [-0.4, -0.2) is 31.9 Å². The summed E-state index contributed by atoms with van der Waals surface area (Å²) in [5.41, 5.74) is 4.32. The lowest BCUT2D eigenvalue weighted by Gasteiger charge is -2.19. The van der Waals surface area contributed by atoms with Crippen LogP contribution < -0.4 is 25.4 Å². The van der Waals surface area contributed by atoms with Gasteiger partial charge in [-0.25, -0.2) is 0 Å². The first kappa shape index (κ1) is 35.5. The quantitative estimate of drug-likeness (QED) is 0.0846. The fourth-order valence-electron chi connectivity index (χ4n) is 5.05. The van der Waals surface area contributed by atoms with Gasteiger partial charge in [-0.3, -0.25) is 14.4 Å². The monoisotopic (exact) mass is 685 g/mol. The van der Waals surface area contributed by atoms with Gasteiger partial charge in [-0.05, 0) is 77.2 Å². The zero-order valence-corrected chi connectivity index (χ0v) is 29.1. The summed E-state index contributed by atoms with van der Waals surface area (Å²) in [6, 6.07) is 38.5. The number of thioether (sulfide) groups is 1. The van der Waals surface area contributed by atoms with Gasteiger partial charge in [0.1, 0.15) is 22.4 Å². The molecule has 1 atom stereocenters. The Morgan fingerprint density at radius 2 is 1.36 bits per heavy atom. The number of methoxy groups -OCH3 is 2. The minimum Gasteiger partial charge on any atom is -0.497 e. The molecule has 50 heavy (non-hydrogen) atoms. The highest BCUT2D eigenvalue weighted by atomic mass is 32.2. The summed E-state index contributed by atoms with van der Waals surface area (Å²) >= 11 is 1.37. The molecule has 3 amide bonds. The zero-order chi connectivity index (χ0) is 35.5. The van der Waals surface area contributed by atoms with Crippen molar-refractivity contribution in [2.24, 2.45) is 0 Å². The van der Waals surface area contributed by atoms with Gasteiger partial charge in [0.05, 0.1) is 19.9 Å². The van der Waals surface area contributed by atoms with Crippen LogP contribution in [0.5, 0.6) is 11.5 Å². The van der Waals surface area contributed by atoms with Crippen LogP contribution in [0.3, 0.4) is 0 Å². The molecule has 0 spiro atoms. The summed E-state index contributed by atoms with van der Waals surface area (Å²) in [4.78, 5) is 41.2. The number of anilines is 2. The van der Waals surface area contributed by atoms with Crippen molar-refractivity contribution in [2.75, 3.05) is 24.9 Å². The molecule has 0 saturated heterocycles. The van der Waals surface area contributed by atoms with Crippen LogP contribution in [0.1, 0.15) is 52.1 Å². The van der Waals surface area contributed by atoms with Crippen molar-refractivity contribution >= 4 is 46.9 Å². The zero-order valence-electron chi connectivity index (χ0n) is 28.3. The molecule has 5 aromatic carbocycles. The van der Waals surface area contributed by atoms with Crippen molar-refractivity contribution in [1.29, 1.82) is 0 Å². The largest absolute Gasteiger partial charge is 0.497 e. The molecular weight excluding hydrogens is 647 g/mol. The molecular formula is C41H39N3O5S. The molecule has 1 unspecified atom stereocenters. The van der Waals surface area contributed by atoms with E-state index in [0.717, 1.165) is 16.0 Å². The van der Waals surface area contributed by atoms with Gasteiger partial charge in [0, 0.05) is 22.2 Å². The lowest BCUT2D eigenvalue weighted by atomic mass is 10.0. The minimum atomic E-state index is -0.600. The number of carbonyl (C=O) groups excluding carboxylic acids is 3. The van der Waals surface area contributed by atoms with Gasteiger partial charge in [-0.15, -0.1) is 11.8 Å². The first-order chi connectivity index (χ1) is 24.2. The van der Waals surface area contributed by atoms with E-state index >= 15 is 0 Å². The summed E-state index contributed by atoms with van der Waals surface area (Å²) in [5, 5.41) is 8.09. The summed E-state index contributed by atoms with van der Waals surface area (Å²) in [5.74, 6) is 0.353. The Morgan fingerprint density at radius 1 is 0.700 bits per heavy atom. The first-order valence-corrected chi connectivity index (χ1v) is 17.0. The summed E-state index contributed by atoms with van der Waals surface area (Å²) in [6.45, 7) is 4.23. The Hall–Kier alpha value is -5.80. The molecule has 5 aromatic rings. The van der Waals surface area contributed by atoms with E-state index in [1.54, 1.807) is 74.9 Å². The summed E-state index contributed by atoms with van der Waals surface area (Å²) in [7, 11) is 3.10. The maximum Gasteiger partial charge on any atom is 0.272 e. The highest BCUT2D eigenvalue weighted by Crippen LogP contribution is 2.38.